The van der Waals surface area contributed by atoms with Crippen LogP contribution in [0.25, 0.3) is 0 Å². The summed E-state index contributed by atoms with van der Waals surface area (Å²) in [5.74, 6) is 0.464. The van der Waals surface area contributed by atoms with Crippen LogP contribution < -0.4 is 16.0 Å². The number of carbonyl (C=O) groups is 2. The third-order valence-electron chi connectivity index (χ3n) is 7.75. The Labute approximate surface area is 181 Å². The highest BCUT2D eigenvalue weighted by Crippen LogP contribution is 2.25. The van der Waals surface area contributed by atoms with Gasteiger partial charge in [-0.15, -0.1) is 0 Å². The third-order valence-corrected chi connectivity index (χ3v) is 7.75. The molecular weight excluding hydrogens is 378 g/mol. The zero-order valence-electron chi connectivity index (χ0n) is 18.5. The van der Waals surface area contributed by atoms with E-state index in [1.54, 1.807) is 0 Å². The number of amides is 3. The van der Waals surface area contributed by atoms with Crippen molar-refractivity contribution in [2.45, 2.75) is 88.8 Å². The summed E-state index contributed by atoms with van der Waals surface area (Å²) in [6, 6.07) is 1.17. The lowest BCUT2D eigenvalue weighted by atomic mass is 9.87. The van der Waals surface area contributed by atoms with Crippen LogP contribution in [0.2, 0.25) is 0 Å². The summed E-state index contributed by atoms with van der Waals surface area (Å²) in [6.45, 7) is 5.86. The zero-order chi connectivity index (χ0) is 20.8. The molecule has 7 heteroatoms. The molecule has 4 aliphatic rings. The molecule has 4 rings (SSSR count). The van der Waals surface area contributed by atoms with Crippen molar-refractivity contribution in [3.63, 3.8) is 0 Å². The van der Waals surface area contributed by atoms with Crippen LogP contribution in [-0.2, 0) is 4.79 Å². The molecule has 0 aromatic rings. The molecule has 3 N–H and O–H groups in total. The van der Waals surface area contributed by atoms with Gasteiger partial charge in [-0.1, -0.05) is 19.3 Å². The Balaban J connectivity index is 1.18. The summed E-state index contributed by atoms with van der Waals surface area (Å²) in [4.78, 5) is 30.0. The van der Waals surface area contributed by atoms with E-state index >= 15 is 0 Å². The smallest absolute Gasteiger partial charge is 0.317 e. The second-order valence-electron chi connectivity index (χ2n) is 9.86. The van der Waals surface area contributed by atoms with Crippen LogP contribution in [-0.4, -0.2) is 79.1 Å². The van der Waals surface area contributed by atoms with Gasteiger partial charge in [0.15, 0.2) is 0 Å². The van der Waals surface area contributed by atoms with Gasteiger partial charge in [0.1, 0.15) is 0 Å². The fraction of sp³-hybridized carbons (Fsp3) is 0.913. The molecule has 0 bridgehead atoms. The van der Waals surface area contributed by atoms with E-state index in [4.69, 9.17) is 0 Å². The van der Waals surface area contributed by atoms with Crippen molar-refractivity contribution in [2.75, 3.05) is 39.3 Å². The highest BCUT2D eigenvalue weighted by atomic mass is 16.2. The molecule has 2 saturated heterocycles. The summed E-state index contributed by atoms with van der Waals surface area (Å²) >= 11 is 0. The van der Waals surface area contributed by atoms with E-state index in [0.29, 0.717) is 6.04 Å². The lowest BCUT2D eigenvalue weighted by Crippen LogP contribution is -2.57. The lowest BCUT2D eigenvalue weighted by molar-refractivity contribution is -0.126. The molecule has 2 aliphatic carbocycles. The predicted molar refractivity (Wildman–Crippen MR) is 118 cm³/mol. The van der Waals surface area contributed by atoms with Crippen LogP contribution in [0.3, 0.4) is 0 Å². The van der Waals surface area contributed by atoms with Crippen molar-refractivity contribution in [1.29, 1.82) is 0 Å². The molecule has 2 atom stereocenters. The standard InChI is InChI=1S/C23H41N5O2/c29-22(18-5-2-1-3-6-18)25-19-7-4-8-20(17-19)26-23(30)28-15-13-27(14-16-28)21-9-11-24-12-10-21/h18-21,24H,1-17H2,(H,25,29)(H,26,30). The second-order valence-corrected chi connectivity index (χ2v) is 9.86. The van der Waals surface area contributed by atoms with E-state index in [1.165, 1.54) is 32.1 Å². The Morgan fingerprint density at radius 2 is 1.40 bits per heavy atom. The van der Waals surface area contributed by atoms with Gasteiger partial charge in [-0.3, -0.25) is 9.69 Å². The van der Waals surface area contributed by atoms with Crippen LogP contribution in [0.15, 0.2) is 0 Å². The van der Waals surface area contributed by atoms with Gasteiger partial charge in [0.2, 0.25) is 5.91 Å². The van der Waals surface area contributed by atoms with Crippen molar-refractivity contribution in [1.82, 2.24) is 25.8 Å². The van der Waals surface area contributed by atoms with E-state index in [9.17, 15) is 9.59 Å². The Kier molecular flexibility index (Phi) is 7.88. The van der Waals surface area contributed by atoms with E-state index in [-0.39, 0.29) is 29.9 Å². The van der Waals surface area contributed by atoms with Gasteiger partial charge in [0.05, 0.1) is 0 Å². The SMILES string of the molecule is O=C(NC1CCCC(NC(=O)N2CCN(C3CCNCC3)CC2)C1)C1CCCCC1. The first-order valence-electron chi connectivity index (χ1n) is 12.5. The Bertz CT molecular complexity index is 566. The van der Waals surface area contributed by atoms with Gasteiger partial charge >= 0.3 is 6.03 Å². The quantitative estimate of drug-likeness (QED) is 0.652. The number of nitrogens with zero attached hydrogens (tertiary/aromatic N) is 2. The molecule has 30 heavy (non-hydrogen) atoms. The van der Waals surface area contributed by atoms with E-state index < -0.39 is 0 Å². The van der Waals surface area contributed by atoms with Crippen molar-refractivity contribution < 1.29 is 9.59 Å². The van der Waals surface area contributed by atoms with E-state index in [0.717, 1.165) is 77.8 Å². The van der Waals surface area contributed by atoms with Gasteiger partial charge in [-0.25, -0.2) is 4.79 Å². The maximum atomic E-state index is 12.8. The lowest BCUT2D eigenvalue weighted by Gasteiger charge is -2.41. The summed E-state index contributed by atoms with van der Waals surface area (Å²) in [5.41, 5.74) is 0. The monoisotopic (exact) mass is 419 g/mol. The first-order chi connectivity index (χ1) is 14.7. The molecule has 0 spiro atoms. The van der Waals surface area contributed by atoms with Gasteiger partial charge in [-0.2, -0.15) is 0 Å². The zero-order valence-corrected chi connectivity index (χ0v) is 18.5. The molecule has 0 radical (unpaired) electrons. The second kappa shape index (κ2) is 10.8. The molecule has 2 heterocycles. The number of rotatable bonds is 4. The van der Waals surface area contributed by atoms with Gasteiger partial charge in [0.25, 0.3) is 0 Å². The molecule has 0 aromatic carbocycles. The number of hydrogen-bond donors (Lipinski definition) is 3. The molecule has 2 unspecified atom stereocenters. The van der Waals surface area contributed by atoms with Crippen LogP contribution >= 0.6 is 0 Å². The van der Waals surface area contributed by atoms with Crippen LogP contribution in [0.1, 0.15) is 70.6 Å². The van der Waals surface area contributed by atoms with Gasteiger partial charge in [-0.05, 0) is 64.5 Å². The molecule has 170 valence electrons. The van der Waals surface area contributed by atoms with Crippen LogP contribution in [0.4, 0.5) is 4.79 Å². The maximum Gasteiger partial charge on any atom is 0.317 e. The Morgan fingerprint density at radius 1 is 0.733 bits per heavy atom. The van der Waals surface area contributed by atoms with Crippen LogP contribution in [0, 0.1) is 5.92 Å². The molecule has 0 aromatic heterocycles. The average molecular weight is 420 g/mol. The predicted octanol–water partition coefficient (Wildman–Crippen LogP) is 2.07. The van der Waals surface area contributed by atoms with E-state index in [1.807, 2.05) is 4.90 Å². The van der Waals surface area contributed by atoms with Crippen molar-refractivity contribution in [3.05, 3.63) is 0 Å². The number of piperidine rings is 1. The topological polar surface area (TPSA) is 76.7 Å². The molecular formula is C23H41N5O2. The first-order valence-corrected chi connectivity index (χ1v) is 12.5. The highest BCUT2D eigenvalue weighted by Gasteiger charge is 2.30. The number of nitrogens with one attached hydrogen (secondary N) is 3. The molecule has 3 amide bonds. The normalized spacial score (nSPS) is 30.1. The number of carbonyl (C=O) groups excluding carboxylic acids is 2. The van der Waals surface area contributed by atoms with Crippen LogP contribution in [0.5, 0.6) is 0 Å². The third kappa shape index (κ3) is 5.88. The minimum Gasteiger partial charge on any atom is -0.353 e. The fourth-order valence-electron chi connectivity index (χ4n) is 5.86. The van der Waals surface area contributed by atoms with Gasteiger partial charge < -0.3 is 20.9 Å². The fourth-order valence-corrected chi connectivity index (χ4v) is 5.86. The molecule has 7 nitrogen and oxygen atoms in total. The number of hydrogen-bond acceptors (Lipinski definition) is 4. The number of piperazine rings is 1. The minimum absolute atomic E-state index is 0.0872. The molecule has 4 fully saturated rings. The Hall–Kier alpha value is -1.34. The van der Waals surface area contributed by atoms with Crippen molar-refractivity contribution >= 4 is 11.9 Å². The molecule has 2 aliphatic heterocycles. The first kappa shape index (κ1) is 21.9. The largest absolute Gasteiger partial charge is 0.353 e. The van der Waals surface area contributed by atoms with Crippen molar-refractivity contribution in [3.8, 4) is 0 Å². The average Bonchev–Trinajstić information content (AvgIpc) is 2.80. The summed E-state index contributed by atoms with van der Waals surface area (Å²) in [5, 5.41) is 10.0. The summed E-state index contributed by atoms with van der Waals surface area (Å²) in [7, 11) is 0. The van der Waals surface area contributed by atoms with Crippen molar-refractivity contribution in [2.24, 2.45) is 5.92 Å². The van der Waals surface area contributed by atoms with E-state index in [2.05, 4.69) is 20.9 Å². The number of urea groups is 1. The summed E-state index contributed by atoms with van der Waals surface area (Å²) in [6.07, 6.45) is 12.2. The Morgan fingerprint density at radius 3 is 2.10 bits per heavy atom. The highest BCUT2D eigenvalue weighted by molar-refractivity contribution is 5.79. The van der Waals surface area contributed by atoms with Gasteiger partial charge in [0, 0.05) is 50.2 Å². The minimum atomic E-state index is 0.0872. The molecule has 2 saturated carbocycles. The maximum absolute atomic E-state index is 12.8. The summed E-state index contributed by atoms with van der Waals surface area (Å²) < 4.78 is 0.